The summed E-state index contributed by atoms with van der Waals surface area (Å²) in [4.78, 5) is 42.7. The van der Waals surface area contributed by atoms with Crippen LogP contribution in [0.3, 0.4) is 0 Å². The third-order valence-corrected chi connectivity index (χ3v) is 4.81. The van der Waals surface area contributed by atoms with Crippen LogP contribution in [0.15, 0.2) is 60.8 Å². The number of nitriles is 1. The van der Waals surface area contributed by atoms with E-state index < -0.39 is 17.8 Å². The second-order valence-electron chi connectivity index (χ2n) is 6.88. The van der Waals surface area contributed by atoms with Gasteiger partial charge in [0.25, 0.3) is 11.8 Å². The first-order valence-corrected chi connectivity index (χ1v) is 9.40. The number of nitrogens with zero attached hydrogens (tertiary/aromatic N) is 3. The number of rotatable bonds is 5. The monoisotopic (exact) mass is 412 g/mol. The molecule has 152 valence electrons. The molecule has 1 aliphatic rings. The molecule has 0 saturated heterocycles. The van der Waals surface area contributed by atoms with E-state index >= 15 is 0 Å². The normalized spacial score (nSPS) is 12.4. The van der Waals surface area contributed by atoms with Gasteiger partial charge < -0.3 is 10.5 Å². The second-order valence-corrected chi connectivity index (χ2v) is 6.88. The third kappa shape index (κ3) is 3.97. The molecule has 1 aliphatic heterocycles. The molecular weight excluding hydrogens is 396 g/mol. The Bertz CT molecular complexity index is 1230. The topological polar surface area (TPSA) is 126 Å². The number of hydrogen-bond acceptors (Lipinski definition) is 7. The van der Waals surface area contributed by atoms with Crippen LogP contribution in [0.5, 0.6) is 5.75 Å². The van der Waals surface area contributed by atoms with Crippen molar-refractivity contribution in [2.24, 2.45) is 0 Å². The van der Waals surface area contributed by atoms with Crippen LogP contribution in [0, 0.1) is 11.3 Å². The first-order valence-electron chi connectivity index (χ1n) is 9.40. The van der Waals surface area contributed by atoms with Gasteiger partial charge >= 0.3 is 5.97 Å². The van der Waals surface area contributed by atoms with E-state index in [1.807, 2.05) is 6.07 Å². The second kappa shape index (κ2) is 8.08. The first kappa shape index (κ1) is 19.8. The van der Waals surface area contributed by atoms with Crippen molar-refractivity contribution >= 4 is 29.3 Å². The largest absolute Gasteiger partial charge is 0.426 e. The summed E-state index contributed by atoms with van der Waals surface area (Å²) in [5.74, 6) is -0.882. The Morgan fingerprint density at radius 3 is 2.45 bits per heavy atom. The van der Waals surface area contributed by atoms with Crippen LogP contribution in [-0.4, -0.2) is 22.8 Å². The number of nitrogens with two attached hydrogens (primary N) is 1. The fourth-order valence-corrected chi connectivity index (χ4v) is 3.22. The van der Waals surface area contributed by atoms with E-state index in [2.05, 4.69) is 4.98 Å². The molecule has 1 aromatic heterocycles. The quantitative estimate of drug-likeness (QED) is 0.388. The molecule has 2 aromatic carbocycles. The molecule has 0 saturated carbocycles. The summed E-state index contributed by atoms with van der Waals surface area (Å²) in [7, 11) is 0. The van der Waals surface area contributed by atoms with Crippen molar-refractivity contribution in [3.63, 3.8) is 0 Å². The highest BCUT2D eigenvalue weighted by atomic mass is 16.5. The zero-order valence-corrected chi connectivity index (χ0v) is 16.2. The number of nitrogen functional groups attached to an aromatic ring is 1. The molecule has 8 nitrogen and oxygen atoms in total. The van der Waals surface area contributed by atoms with Crippen molar-refractivity contribution in [3.8, 4) is 11.8 Å². The molecule has 8 heteroatoms. The van der Waals surface area contributed by atoms with Crippen molar-refractivity contribution < 1.29 is 19.1 Å². The van der Waals surface area contributed by atoms with Gasteiger partial charge in [-0.2, -0.15) is 5.26 Å². The fraction of sp³-hybridized carbons (Fsp3) is 0.0870. The number of anilines is 2. The lowest BCUT2D eigenvalue weighted by atomic mass is 10.1. The molecule has 3 aromatic rings. The average Bonchev–Trinajstić information content (AvgIpc) is 3.03. The van der Waals surface area contributed by atoms with Crippen molar-refractivity contribution in [1.29, 1.82) is 5.26 Å². The standard InChI is InChI=1S/C23H16N4O4/c24-12-14-1-5-16(6-2-14)27-22(29)18-8-7-17(11-19(18)23(27)30)31-21(28)10-4-15-3-9-20(25)26-13-15/h1-3,5-9,11,13H,4,10H2,(H2,25,26). The number of pyridine rings is 1. The number of ether oxygens (including phenoxy) is 1. The van der Waals surface area contributed by atoms with Crippen molar-refractivity contribution in [2.45, 2.75) is 12.8 Å². The number of benzene rings is 2. The Kier molecular flexibility index (Phi) is 5.16. The van der Waals surface area contributed by atoms with Crippen LogP contribution < -0.4 is 15.4 Å². The maximum atomic E-state index is 12.8. The number of carbonyl (C=O) groups excluding carboxylic acids is 3. The molecule has 4 rings (SSSR count). The molecule has 0 aliphatic carbocycles. The molecule has 2 heterocycles. The van der Waals surface area contributed by atoms with Crippen LogP contribution in [0.4, 0.5) is 11.5 Å². The number of esters is 1. The number of amides is 2. The Balaban J connectivity index is 1.47. The number of aryl methyl sites for hydroxylation is 1. The highest BCUT2D eigenvalue weighted by Crippen LogP contribution is 2.31. The van der Waals surface area contributed by atoms with Gasteiger partial charge in [0.15, 0.2) is 0 Å². The lowest BCUT2D eigenvalue weighted by molar-refractivity contribution is -0.134. The summed E-state index contributed by atoms with van der Waals surface area (Å²) in [5, 5.41) is 8.91. The molecule has 0 atom stereocenters. The average molecular weight is 412 g/mol. The van der Waals surface area contributed by atoms with E-state index in [0.29, 0.717) is 23.5 Å². The summed E-state index contributed by atoms with van der Waals surface area (Å²) >= 11 is 0. The summed E-state index contributed by atoms with van der Waals surface area (Å²) in [5.41, 5.74) is 7.55. The number of imide groups is 1. The number of hydrogen-bond donors (Lipinski definition) is 1. The van der Waals surface area contributed by atoms with Crippen molar-refractivity contribution in [1.82, 2.24) is 4.98 Å². The SMILES string of the molecule is N#Cc1ccc(N2C(=O)c3ccc(OC(=O)CCc4ccc(N)nc4)cc3C2=O)cc1. The van der Waals surface area contributed by atoms with Crippen LogP contribution >= 0.6 is 0 Å². The van der Waals surface area contributed by atoms with Gasteiger partial charge in [0.05, 0.1) is 34.9 Å². The van der Waals surface area contributed by atoms with Crippen LogP contribution in [-0.2, 0) is 11.2 Å². The van der Waals surface area contributed by atoms with Gasteiger partial charge in [-0.3, -0.25) is 14.4 Å². The zero-order chi connectivity index (χ0) is 22.0. The third-order valence-electron chi connectivity index (χ3n) is 4.81. The van der Waals surface area contributed by atoms with Crippen LogP contribution in [0.2, 0.25) is 0 Å². The van der Waals surface area contributed by atoms with Gasteiger partial charge in [0.1, 0.15) is 11.6 Å². The Morgan fingerprint density at radius 1 is 1.03 bits per heavy atom. The summed E-state index contributed by atoms with van der Waals surface area (Å²) in [6.45, 7) is 0. The van der Waals surface area contributed by atoms with Gasteiger partial charge in [-0.1, -0.05) is 6.07 Å². The lowest BCUT2D eigenvalue weighted by Gasteiger charge is -2.13. The minimum atomic E-state index is -0.518. The van der Waals surface area contributed by atoms with E-state index in [1.54, 1.807) is 18.3 Å². The Morgan fingerprint density at radius 2 is 1.77 bits per heavy atom. The van der Waals surface area contributed by atoms with Gasteiger partial charge in [0.2, 0.25) is 0 Å². The van der Waals surface area contributed by atoms with Crippen LogP contribution in [0.1, 0.15) is 38.3 Å². The predicted molar refractivity (Wildman–Crippen MR) is 111 cm³/mol. The minimum Gasteiger partial charge on any atom is -0.426 e. The maximum absolute atomic E-state index is 12.8. The van der Waals surface area contributed by atoms with Crippen molar-refractivity contribution in [2.75, 3.05) is 10.6 Å². The molecule has 0 spiro atoms. The van der Waals surface area contributed by atoms with E-state index in [9.17, 15) is 14.4 Å². The lowest BCUT2D eigenvalue weighted by Crippen LogP contribution is -2.29. The minimum absolute atomic E-state index is 0.118. The molecule has 0 fully saturated rings. The Hall–Kier alpha value is -4.51. The van der Waals surface area contributed by atoms with Gasteiger partial charge in [0, 0.05) is 6.20 Å². The van der Waals surface area contributed by atoms with E-state index in [1.165, 1.54) is 42.5 Å². The number of fused-ring (bicyclic) bond motifs is 1. The van der Waals surface area contributed by atoms with E-state index in [4.69, 9.17) is 15.7 Å². The molecule has 0 bridgehead atoms. The summed E-state index contributed by atoms with van der Waals surface area (Å²) in [6.07, 6.45) is 2.15. The van der Waals surface area contributed by atoms with Gasteiger partial charge in [-0.15, -0.1) is 0 Å². The predicted octanol–water partition coefficient (Wildman–Crippen LogP) is 2.87. The summed E-state index contributed by atoms with van der Waals surface area (Å²) < 4.78 is 5.34. The smallest absolute Gasteiger partial charge is 0.311 e. The first-order chi connectivity index (χ1) is 15.0. The highest BCUT2D eigenvalue weighted by molar-refractivity contribution is 6.34. The number of aromatic nitrogens is 1. The van der Waals surface area contributed by atoms with E-state index in [0.717, 1.165) is 10.5 Å². The summed E-state index contributed by atoms with van der Waals surface area (Å²) in [6, 6.07) is 15.9. The molecule has 0 unspecified atom stereocenters. The molecule has 31 heavy (non-hydrogen) atoms. The van der Waals surface area contributed by atoms with Crippen LogP contribution in [0.25, 0.3) is 0 Å². The maximum Gasteiger partial charge on any atom is 0.311 e. The molecule has 2 N–H and O–H groups in total. The molecular formula is C23H16N4O4. The zero-order valence-electron chi connectivity index (χ0n) is 16.2. The fourth-order valence-electron chi connectivity index (χ4n) is 3.22. The van der Waals surface area contributed by atoms with Gasteiger partial charge in [-0.05, 0) is 60.5 Å². The molecule has 0 radical (unpaired) electrons. The number of carbonyl (C=O) groups is 3. The Labute approximate surface area is 177 Å². The highest BCUT2D eigenvalue weighted by Gasteiger charge is 2.37. The van der Waals surface area contributed by atoms with Gasteiger partial charge in [-0.25, -0.2) is 9.88 Å². The van der Waals surface area contributed by atoms with E-state index in [-0.39, 0.29) is 23.3 Å². The molecule has 2 amide bonds. The van der Waals surface area contributed by atoms with Crippen molar-refractivity contribution in [3.05, 3.63) is 83.0 Å².